The summed E-state index contributed by atoms with van der Waals surface area (Å²) in [5, 5.41) is 21.6. The van der Waals surface area contributed by atoms with Crippen LogP contribution in [0.3, 0.4) is 0 Å². The van der Waals surface area contributed by atoms with Crippen molar-refractivity contribution < 1.29 is 14.9 Å². The maximum Gasteiger partial charge on any atom is 0.0771 e. The van der Waals surface area contributed by atoms with Crippen LogP contribution in [-0.2, 0) is 4.74 Å². The molecule has 3 N–H and O–H groups in total. The van der Waals surface area contributed by atoms with Gasteiger partial charge >= 0.3 is 0 Å². The van der Waals surface area contributed by atoms with E-state index in [0.717, 1.165) is 32.2 Å². The van der Waals surface area contributed by atoms with Gasteiger partial charge in [0, 0.05) is 13.1 Å². The van der Waals surface area contributed by atoms with E-state index in [1.165, 1.54) is 0 Å². The minimum Gasteiger partial charge on any atom is -0.394 e. The largest absolute Gasteiger partial charge is 0.394 e. The van der Waals surface area contributed by atoms with E-state index in [9.17, 15) is 5.11 Å². The summed E-state index contributed by atoms with van der Waals surface area (Å²) in [4.78, 5) is 0. The Morgan fingerprint density at radius 3 is 2.57 bits per heavy atom. The minimum absolute atomic E-state index is 0.0734. The van der Waals surface area contributed by atoms with Crippen molar-refractivity contribution in [2.75, 3.05) is 32.9 Å². The molecule has 0 spiro atoms. The van der Waals surface area contributed by atoms with Gasteiger partial charge in [-0.25, -0.2) is 0 Å². The molecule has 0 radical (unpaired) electrons. The van der Waals surface area contributed by atoms with Gasteiger partial charge < -0.3 is 20.3 Å². The van der Waals surface area contributed by atoms with Gasteiger partial charge in [-0.15, -0.1) is 0 Å². The van der Waals surface area contributed by atoms with E-state index in [2.05, 4.69) is 5.32 Å². The standard InChI is InChI=1S/C10H21NO3/c12-6-8-14-7-5-11-9-10(13)3-1-2-4-10/h11-13H,1-9H2. The van der Waals surface area contributed by atoms with E-state index in [1.807, 2.05) is 0 Å². The minimum atomic E-state index is -0.475. The highest BCUT2D eigenvalue weighted by Gasteiger charge is 2.30. The number of hydrogen-bond acceptors (Lipinski definition) is 4. The van der Waals surface area contributed by atoms with Crippen LogP contribution in [0.15, 0.2) is 0 Å². The lowest BCUT2D eigenvalue weighted by Crippen LogP contribution is -2.39. The van der Waals surface area contributed by atoms with Gasteiger partial charge in [0.1, 0.15) is 0 Å². The molecule has 84 valence electrons. The molecule has 4 nitrogen and oxygen atoms in total. The van der Waals surface area contributed by atoms with Gasteiger partial charge in [-0.2, -0.15) is 0 Å². The quantitative estimate of drug-likeness (QED) is 0.505. The molecule has 4 heteroatoms. The highest BCUT2D eigenvalue weighted by molar-refractivity contribution is 4.85. The summed E-state index contributed by atoms with van der Waals surface area (Å²) in [7, 11) is 0. The molecule has 0 aromatic carbocycles. The zero-order chi connectivity index (χ0) is 10.3. The molecule has 0 saturated heterocycles. The monoisotopic (exact) mass is 203 g/mol. The van der Waals surface area contributed by atoms with Crippen LogP contribution in [0.1, 0.15) is 25.7 Å². The molecule has 0 bridgehead atoms. The number of ether oxygens (including phenoxy) is 1. The fourth-order valence-electron chi connectivity index (χ4n) is 1.84. The lowest BCUT2D eigenvalue weighted by Gasteiger charge is -2.22. The first-order valence-corrected chi connectivity index (χ1v) is 5.38. The van der Waals surface area contributed by atoms with Crippen LogP contribution < -0.4 is 5.32 Å². The molecule has 1 aliphatic rings. The number of aliphatic hydroxyl groups excluding tert-OH is 1. The molecular weight excluding hydrogens is 182 g/mol. The van der Waals surface area contributed by atoms with Crippen LogP contribution in [0, 0.1) is 0 Å². The van der Waals surface area contributed by atoms with Crippen molar-refractivity contribution in [3.63, 3.8) is 0 Å². The fourth-order valence-corrected chi connectivity index (χ4v) is 1.84. The molecule has 0 aliphatic heterocycles. The van der Waals surface area contributed by atoms with E-state index >= 15 is 0 Å². The van der Waals surface area contributed by atoms with Crippen molar-refractivity contribution in [3.8, 4) is 0 Å². The summed E-state index contributed by atoms with van der Waals surface area (Å²) in [5.74, 6) is 0. The molecule has 1 aliphatic carbocycles. The van der Waals surface area contributed by atoms with Crippen molar-refractivity contribution >= 4 is 0 Å². The van der Waals surface area contributed by atoms with Crippen LogP contribution in [0.5, 0.6) is 0 Å². The summed E-state index contributed by atoms with van der Waals surface area (Å²) in [6, 6.07) is 0. The van der Waals surface area contributed by atoms with Crippen LogP contribution in [0.2, 0.25) is 0 Å². The third-order valence-corrected chi connectivity index (χ3v) is 2.65. The maximum absolute atomic E-state index is 9.95. The molecule has 14 heavy (non-hydrogen) atoms. The first kappa shape index (κ1) is 11.9. The molecule has 0 amide bonds. The van der Waals surface area contributed by atoms with Gasteiger partial charge in [0.15, 0.2) is 0 Å². The van der Waals surface area contributed by atoms with E-state index in [4.69, 9.17) is 9.84 Å². The molecule has 0 aromatic rings. The summed E-state index contributed by atoms with van der Waals surface area (Å²) in [6.45, 7) is 2.46. The zero-order valence-corrected chi connectivity index (χ0v) is 8.67. The van der Waals surface area contributed by atoms with Gasteiger partial charge in [-0.3, -0.25) is 0 Å². The van der Waals surface area contributed by atoms with Gasteiger partial charge in [0.25, 0.3) is 0 Å². The fraction of sp³-hybridized carbons (Fsp3) is 1.00. The van der Waals surface area contributed by atoms with E-state index in [-0.39, 0.29) is 6.61 Å². The van der Waals surface area contributed by atoms with E-state index < -0.39 is 5.60 Å². The molecule has 1 saturated carbocycles. The first-order valence-electron chi connectivity index (χ1n) is 5.38. The summed E-state index contributed by atoms with van der Waals surface area (Å²) >= 11 is 0. The van der Waals surface area contributed by atoms with Crippen LogP contribution in [-0.4, -0.2) is 48.7 Å². The third-order valence-electron chi connectivity index (χ3n) is 2.65. The molecular formula is C10H21NO3. The van der Waals surface area contributed by atoms with Gasteiger partial charge in [-0.1, -0.05) is 12.8 Å². The molecule has 0 aromatic heterocycles. The Kier molecular flexibility index (Phi) is 5.40. The molecule has 1 rings (SSSR count). The highest BCUT2D eigenvalue weighted by Crippen LogP contribution is 2.28. The number of nitrogens with one attached hydrogen (secondary N) is 1. The molecule has 1 fully saturated rings. The average Bonchev–Trinajstić information content (AvgIpc) is 2.59. The Hall–Kier alpha value is -0.160. The summed E-state index contributed by atoms with van der Waals surface area (Å²) in [5.41, 5.74) is -0.475. The van der Waals surface area contributed by atoms with E-state index in [0.29, 0.717) is 19.8 Å². The summed E-state index contributed by atoms with van der Waals surface area (Å²) in [6.07, 6.45) is 4.10. The second-order valence-electron chi connectivity index (χ2n) is 3.94. The Balaban J connectivity index is 1.92. The van der Waals surface area contributed by atoms with Gasteiger partial charge in [0.2, 0.25) is 0 Å². The van der Waals surface area contributed by atoms with Crippen molar-refractivity contribution in [1.82, 2.24) is 5.32 Å². The Morgan fingerprint density at radius 1 is 1.21 bits per heavy atom. The Labute approximate surface area is 85.3 Å². The van der Waals surface area contributed by atoms with Gasteiger partial charge in [0.05, 0.1) is 25.4 Å². The lowest BCUT2D eigenvalue weighted by molar-refractivity contribution is 0.0430. The number of aliphatic hydroxyl groups is 2. The third kappa shape index (κ3) is 4.37. The number of rotatable bonds is 7. The molecule has 0 atom stereocenters. The smallest absolute Gasteiger partial charge is 0.0771 e. The van der Waals surface area contributed by atoms with Crippen molar-refractivity contribution in [2.24, 2.45) is 0 Å². The highest BCUT2D eigenvalue weighted by atomic mass is 16.5. The zero-order valence-electron chi connectivity index (χ0n) is 8.67. The predicted molar refractivity (Wildman–Crippen MR) is 54.2 cm³/mol. The number of hydrogen-bond donors (Lipinski definition) is 3. The molecule has 0 unspecified atom stereocenters. The second kappa shape index (κ2) is 6.35. The van der Waals surface area contributed by atoms with E-state index in [1.54, 1.807) is 0 Å². The van der Waals surface area contributed by atoms with Crippen molar-refractivity contribution in [2.45, 2.75) is 31.3 Å². The van der Waals surface area contributed by atoms with Crippen LogP contribution in [0.4, 0.5) is 0 Å². The Bertz CT molecular complexity index is 146. The van der Waals surface area contributed by atoms with Crippen LogP contribution in [0.25, 0.3) is 0 Å². The molecule has 0 heterocycles. The van der Waals surface area contributed by atoms with Crippen molar-refractivity contribution in [3.05, 3.63) is 0 Å². The maximum atomic E-state index is 9.95. The van der Waals surface area contributed by atoms with Crippen LogP contribution >= 0.6 is 0 Å². The first-order chi connectivity index (χ1) is 6.77. The summed E-state index contributed by atoms with van der Waals surface area (Å²) < 4.78 is 5.09. The SMILES string of the molecule is OCCOCCNCC1(O)CCCC1. The average molecular weight is 203 g/mol. The lowest BCUT2D eigenvalue weighted by atomic mass is 10.0. The Morgan fingerprint density at radius 2 is 1.93 bits per heavy atom. The predicted octanol–water partition coefficient (Wildman–Crippen LogP) is -0.110. The van der Waals surface area contributed by atoms with Gasteiger partial charge in [-0.05, 0) is 12.8 Å². The van der Waals surface area contributed by atoms with Crippen molar-refractivity contribution in [1.29, 1.82) is 0 Å². The second-order valence-corrected chi connectivity index (χ2v) is 3.94. The normalized spacial score (nSPS) is 20.1. The topological polar surface area (TPSA) is 61.7 Å².